The number of rotatable bonds is 24. The van der Waals surface area contributed by atoms with Gasteiger partial charge in [-0.15, -0.1) is 0 Å². The summed E-state index contributed by atoms with van der Waals surface area (Å²) in [7, 11) is 2.73. The minimum Gasteiger partial charge on any atom is -0.756 e. The number of phosphoric acid groups is 1. The highest BCUT2D eigenvalue weighted by Crippen LogP contribution is 2.38. The van der Waals surface area contributed by atoms with Gasteiger partial charge in [0.2, 0.25) is 0 Å². The van der Waals surface area contributed by atoms with Crippen LogP contribution in [-0.2, 0) is 27.9 Å². The zero-order valence-electron chi connectivity index (χ0n) is 25.2. The van der Waals surface area contributed by atoms with Crippen molar-refractivity contribution in [2.75, 3.05) is 54.6 Å². The maximum atomic E-state index is 12.0. The average Bonchev–Trinajstić information content (AvgIpc) is 2.89. The summed E-state index contributed by atoms with van der Waals surface area (Å²) in [6.45, 7) is 2.28. The number of phosphoric ester groups is 1. The Morgan fingerprint density at radius 2 is 1.25 bits per heavy atom. The topological polar surface area (TPSA) is 94.1 Å². The molecule has 0 heterocycles. The number of ether oxygens (including phenoxy) is 2. The molecule has 1 unspecified atom stereocenters. The van der Waals surface area contributed by atoms with Crippen LogP contribution in [0.2, 0.25) is 0 Å². The van der Waals surface area contributed by atoms with E-state index < -0.39 is 13.9 Å². The number of allylic oxidation sites excluding steroid dienone is 12. The molecule has 0 amide bonds. The monoisotopic (exact) mass is 581 g/mol. The van der Waals surface area contributed by atoms with E-state index in [0.717, 1.165) is 38.5 Å². The Bertz CT molecular complexity index is 869. The average molecular weight is 582 g/mol. The molecule has 0 bridgehead atoms. The first kappa shape index (κ1) is 37.9. The summed E-state index contributed by atoms with van der Waals surface area (Å²) in [6, 6.07) is 0. The van der Waals surface area contributed by atoms with Crippen LogP contribution in [0, 0.1) is 0 Å². The molecule has 0 aromatic rings. The van der Waals surface area contributed by atoms with Gasteiger partial charge in [-0.1, -0.05) is 79.8 Å². The van der Waals surface area contributed by atoms with Gasteiger partial charge in [0, 0.05) is 13.5 Å². The van der Waals surface area contributed by atoms with Gasteiger partial charge in [0.15, 0.2) is 0 Å². The molecule has 2 atom stereocenters. The van der Waals surface area contributed by atoms with Gasteiger partial charge >= 0.3 is 5.97 Å². The van der Waals surface area contributed by atoms with E-state index in [2.05, 4.69) is 67.7 Å². The molecule has 8 nitrogen and oxygen atoms in total. The number of carbonyl (C=O) groups is 1. The number of esters is 1. The summed E-state index contributed by atoms with van der Waals surface area (Å²) in [6.07, 6.45) is 31.4. The number of carbonyl (C=O) groups excluding carboxylic acids is 1. The number of hydrogen-bond acceptors (Lipinski definition) is 7. The van der Waals surface area contributed by atoms with Crippen molar-refractivity contribution in [2.24, 2.45) is 0 Å². The number of quaternary nitrogens is 1. The summed E-state index contributed by atoms with van der Waals surface area (Å²) in [5.74, 6) is -0.383. The van der Waals surface area contributed by atoms with Crippen molar-refractivity contribution in [2.45, 2.75) is 64.4 Å². The van der Waals surface area contributed by atoms with Gasteiger partial charge in [-0.25, -0.2) is 0 Å². The third kappa shape index (κ3) is 27.5. The molecule has 0 radical (unpaired) electrons. The van der Waals surface area contributed by atoms with Crippen LogP contribution in [0.4, 0.5) is 0 Å². The van der Waals surface area contributed by atoms with Crippen LogP contribution in [-0.4, -0.2) is 71.2 Å². The molecule has 0 rings (SSSR count). The third-order valence-electron chi connectivity index (χ3n) is 5.31. The Labute approximate surface area is 242 Å². The van der Waals surface area contributed by atoms with Crippen LogP contribution in [0.5, 0.6) is 0 Å². The molecule has 0 saturated heterocycles. The van der Waals surface area contributed by atoms with E-state index in [0.29, 0.717) is 17.4 Å². The van der Waals surface area contributed by atoms with Crippen molar-refractivity contribution in [1.29, 1.82) is 0 Å². The molecule has 0 saturated carbocycles. The highest BCUT2D eigenvalue weighted by molar-refractivity contribution is 7.45. The molecule has 0 fully saturated rings. The molecule has 0 spiro atoms. The summed E-state index contributed by atoms with van der Waals surface area (Å²) in [5.41, 5.74) is 0. The Balaban J connectivity index is 3.91. The predicted molar refractivity (Wildman–Crippen MR) is 162 cm³/mol. The second-order valence-corrected chi connectivity index (χ2v) is 11.5. The summed E-state index contributed by atoms with van der Waals surface area (Å²) < 4.78 is 32.5. The minimum absolute atomic E-state index is 0.0194. The number of hydrogen-bond donors (Lipinski definition) is 0. The smallest absolute Gasteiger partial charge is 0.306 e. The van der Waals surface area contributed by atoms with E-state index in [9.17, 15) is 14.3 Å². The van der Waals surface area contributed by atoms with E-state index in [-0.39, 0.29) is 32.2 Å². The first-order chi connectivity index (χ1) is 19.1. The molecular formula is C31H52NO7P. The van der Waals surface area contributed by atoms with Crippen molar-refractivity contribution in [3.05, 3.63) is 72.9 Å². The molecule has 0 aromatic carbocycles. The SMILES string of the molecule is CC/C=C\C/C=C\C/C=C\C/C=C\C/C=C\C/C=C\CCC(=O)OC[C@H](COP(=O)([O-])OCC[N+](C)(C)C)OC. The fraction of sp³-hybridized carbons (Fsp3) is 0.581. The van der Waals surface area contributed by atoms with E-state index in [1.807, 2.05) is 33.3 Å². The molecular weight excluding hydrogens is 529 g/mol. The molecule has 40 heavy (non-hydrogen) atoms. The lowest BCUT2D eigenvalue weighted by Crippen LogP contribution is -2.37. The van der Waals surface area contributed by atoms with Crippen molar-refractivity contribution >= 4 is 13.8 Å². The zero-order chi connectivity index (χ0) is 30.0. The fourth-order valence-corrected chi connectivity index (χ4v) is 3.65. The van der Waals surface area contributed by atoms with Gasteiger partial charge in [0.25, 0.3) is 7.82 Å². The van der Waals surface area contributed by atoms with Crippen molar-refractivity contribution in [3.63, 3.8) is 0 Å². The number of nitrogens with zero attached hydrogens (tertiary/aromatic N) is 1. The predicted octanol–water partition coefficient (Wildman–Crippen LogP) is 6.23. The van der Waals surface area contributed by atoms with Crippen LogP contribution in [0.15, 0.2) is 72.9 Å². The van der Waals surface area contributed by atoms with Crippen molar-refractivity contribution in [1.82, 2.24) is 0 Å². The standard InChI is InChI=1S/C31H52NO7P/c1-6-7-8-9-10-11-12-13-14-15-16-17-18-19-20-21-22-23-24-25-31(33)37-28-30(36-5)29-39-40(34,35)38-27-26-32(2,3)4/h7-8,10-11,13-14,16-17,19-20,22-23,30H,6,9,12,15,18,21,24-29H2,1-5H3/b8-7-,11-10-,14-13-,17-16-,20-19-,23-22-/t30-/m1/s1. The van der Waals surface area contributed by atoms with E-state index in [1.165, 1.54) is 7.11 Å². The maximum Gasteiger partial charge on any atom is 0.306 e. The number of methoxy groups -OCH3 is 1. The summed E-state index contributed by atoms with van der Waals surface area (Å²) in [4.78, 5) is 23.8. The highest BCUT2D eigenvalue weighted by atomic mass is 31.2. The van der Waals surface area contributed by atoms with Crippen molar-refractivity contribution in [3.8, 4) is 0 Å². The van der Waals surface area contributed by atoms with Crippen LogP contribution in [0.1, 0.15) is 58.3 Å². The van der Waals surface area contributed by atoms with Gasteiger partial charge in [-0.3, -0.25) is 9.36 Å². The van der Waals surface area contributed by atoms with E-state index in [4.69, 9.17) is 18.5 Å². The van der Waals surface area contributed by atoms with Crippen molar-refractivity contribution < 1.29 is 37.3 Å². The molecule has 0 N–H and O–H groups in total. The molecule has 0 aliphatic rings. The normalized spacial score (nSPS) is 15.4. The molecule has 0 aromatic heterocycles. The third-order valence-corrected chi connectivity index (χ3v) is 6.27. The summed E-state index contributed by atoms with van der Waals surface area (Å²) in [5, 5.41) is 0. The second-order valence-electron chi connectivity index (χ2n) is 10.1. The first-order valence-corrected chi connectivity index (χ1v) is 15.5. The second kappa shape index (κ2) is 24.7. The largest absolute Gasteiger partial charge is 0.756 e. The van der Waals surface area contributed by atoms with Gasteiger partial charge in [0.05, 0.1) is 27.7 Å². The first-order valence-electron chi connectivity index (χ1n) is 14.1. The Kier molecular flexibility index (Phi) is 23.4. The quantitative estimate of drug-likeness (QED) is 0.0577. The van der Waals surface area contributed by atoms with E-state index >= 15 is 0 Å². The zero-order valence-corrected chi connectivity index (χ0v) is 26.1. The number of likely N-dealkylation sites (N-methyl/N-ethyl adjacent to an activating group) is 1. The van der Waals surface area contributed by atoms with Crippen LogP contribution in [0.25, 0.3) is 0 Å². The summed E-state index contributed by atoms with van der Waals surface area (Å²) >= 11 is 0. The molecule has 9 heteroatoms. The lowest BCUT2D eigenvalue weighted by atomic mass is 10.2. The fourth-order valence-electron chi connectivity index (χ4n) is 2.92. The molecule has 0 aliphatic heterocycles. The minimum atomic E-state index is -4.45. The lowest BCUT2D eigenvalue weighted by Gasteiger charge is -2.28. The Morgan fingerprint density at radius 3 is 1.70 bits per heavy atom. The highest BCUT2D eigenvalue weighted by Gasteiger charge is 2.18. The maximum absolute atomic E-state index is 12.0. The van der Waals surface area contributed by atoms with Gasteiger partial charge in [-0.05, 0) is 44.9 Å². The van der Waals surface area contributed by atoms with Gasteiger partial charge in [0.1, 0.15) is 25.9 Å². The lowest BCUT2D eigenvalue weighted by molar-refractivity contribution is -0.870. The Hall–Kier alpha value is -2.06. The van der Waals surface area contributed by atoms with Crippen LogP contribution in [0.3, 0.4) is 0 Å². The molecule has 228 valence electrons. The van der Waals surface area contributed by atoms with Crippen LogP contribution >= 0.6 is 7.82 Å². The van der Waals surface area contributed by atoms with E-state index in [1.54, 1.807) is 0 Å². The Morgan fingerprint density at radius 1 is 0.775 bits per heavy atom. The van der Waals surface area contributed by atoms with Gasteiger partial charge < -0.3 is 27.9 Å². The van der Waals surface area contributed by atoms with Crippen LogP contribution < -0.4 is 4.89 Å². The molecule has 0 aliphatic carbocycles. The van der Waals surface area contributed by atoms with Gasteiger partial charge in [-0.2, -0.15) is 0 Å².